The molecule has 1 aliphatic rings. The molecule has 2 heterocycles. The van der Waals surface area contributed by atoms with Crippen molar-refractivity contribution in [1.82, 2.24) is 14.9 Å². The number of halogens is 1. The molecule has 1 atom stereocenters. The van der Waals surface area contributed by atoms with Gasteiger partial charge >= 0.3 is 0 Å². The van der Waals surface area contributed by atoms with Crippen LogP contribution in [0, 0.1) is 12.7 Å². The summed E-state index contributed by atoms with van der Waals surface area (Å²) >= 11 is 0. The van der Waals surface area contributed by atoms with Gasteiger partial charge in [0, 0.05) is 18.4 Å². The average Bonchev–Trinajstić information content (AvgIpc) is 3.01. The van der Waals surface area contributed by atoms with E-state index in [9.17, 15) is 9.18 Å². The van der Waals surface area contributed by atoms with Gasteiger partial charge in [-0.1, -0.05) is 0 Å². The van der Waals surface area contributed by atoms with Gasteiger partial charge in [-0.3, -0.25) is 4.79 Å². The van der Waals surface area contributed by atoms with Crippen molar-refractivity contribution in [2.24, 2.45) is 0 Å². The third-order valence-electron chi connectivity index (χ3n) is 3.62. The molecule has 0 radical (unpaired) electrons. The van der Waals surface area contributed by atoms with Gasteiger partial charge in [-0.25, -0.2) is 9.37 Å². The number of ether oxygens (including phenoxy) is 2. The van der Waals surface area contributed by atoms with Gasteiger partial charge in [-0.2, -0.15) is 0 Å². The molecule has 1 fully saturated rings. The van der Waals surface area contributed by atoms with Crippen molar-refractivity contribution in [3.8, 4) is 5.75 Å². The number of morpholine rings is 1. The second-order valence-corrected chi connectivity index (χ2v) is 5.39. The number of rotatable bonds is 4. The minimum Gasteiger partial charge on any atom is -0.484 e. The molecule has 0 bridgehead atoms. The molecule has 0 aliphatic carbocycles. The summed E-state index contributed by atoms with van der Waals surface area (Å²) in [4.78, 5) is 21.3. The number of hydrogen-bond donors (Lipinski definition) is 1. The van der Waals surface area contributed by atoms with Crippen LogP contribution in [0.3, 0.4) is 0 Å². The van der Waals surface area contributed by atoms with Crippen molar-refractivity contribution >= 4 is 5.91 Å². The van der Waals surface area contributed by atoms with Crippen LogP contribution in [0.2, 0.25) is 0 Å². The van der Waals surface area contributed by atoms with E-state index in [-0.39, 0.29) is 24.4 Å². The van der Waals surface area contributed by atoms with E-state index in [2.05, 4.69) is 9.97 Å². The lowest BCUT2D eigenvalue weighted by molar-refractivity contribution is -0.141. The zero-order valence-corrected chi connectivity index (χ0v) is 12.8. The molecule has 7 heteroatoms. The van der Waals surface area contributed by atoms with E-state index in [1.165, 1.54) is 24.3 Å². The molecule has 3 rings (SSSR count). The lowest BCUT2D eigenvalue weighted by atomic mass is 10.2. The molecule has 0 saturated carbocycles. The van der Waals surface area contributed by atoms with E-state index in [1.54, 1.807) is 11.1 Å². The zero-order chi connectivity index (χ0) is 16.2. The number of imidazole rings is 1. The molecule has 122 valence electrons. The number of carbonyl (C=O) groups is 1. The van der Waals surface area contributed by atoms with E-state index < -0.39 is 0 Å². The highest BCUT2D eigenvalue weighted by molar-refractivity contribution is 5.77. The third-order valence-corrected chi connectivity index (χ3v) is 3.62. The fourth-order valence-electron chi connectivity index (χ4n) is 2.40. The van der Waals surface area contributed by atoms with Crippen molar-refractivity contribution in [3.63, 3.8) is 0 Å². The average molecular weight is 319 g/mol. The molecule has 1 saturated heterocycles. The highest BCUT2D eigenvalue weighted by atomic mass is 19.1. The minimum absolute atomic E-state index is 0.0878. The fourth-order valence-corrected chi connectivity index (χ4v) is 2.40. The number of nitrogens with one attached hydrogen (secondary N) is 1. The van der Waals surface area contributed by atoms with Crippen LogP contribution in [0.25, 0.3) is 0 Å². The molecular formula is C16H18FN3O3. The second-order valence-electron chi connectivity index (χ2n) is 5.39. The molecule has 1 aromatic heterocycles. The zero-order valence-electron chi connectivity index (χ0n) is 12.8. The first kappa shape index (κ1) is 15.5. The number of aryl methyl sites for hydroxylation is 1. The highest BCUT2D eigenvalue weighted by Gasteiger charge is 2.27. The molecular weight excluding hydrogens is 301 g/mol. The summed E-state index contributed by atoms with van der Waals surface area (Å²) in [6.45, 7) is 3.22. The Balaban J connectivity index is 1.55. The van der Waals surface area contributed by atoms with Gasteiger partial charge in [0.2, 0.25) is 0 Å². The van der Waals surface area contributed by atoms with Crippen molar-refractivity contribution < 1.29 is 18.7 Å². The number of amides is 1. The number of H-pyrrole nitrogens is 1. The van der Waals surface area contributed by atoms with Gasteiger partial charge in [-0.05, 0) is 31.2 Å². The quantitative estimate of drug-likeness (QED) is 0.934. The Labute approximate surface area is 133 Å². The van der Waals surface area contributed by atoms with Gasteiger partial charge < -0.3 is 19.4 Å². The van der Waals surface area contributed by atoms with Gasteiger partial charge in [0.15, 0.2) is 6.61 Å². The summed E-state index contributed by atoms with van der Waals surface area (Å²) in [5.74, 6) is 0.713. The van der Waals surface area contributed by atoms with E-state index in [0.29, 0.717) is 25.4 Å². The van der Waals surface area contributed by atoms with Crippen LogP contribution < -0.4 is 4.74 Å². The molecule has 0 spiro atoms. The molecule has 0 unspecified atom stereocenters. The van der Waals surface area contributed by atoms with E-state index >= 15 is 0 Å². The first-order chi connectivity index (χ1) is 11.1. The summed E-state index contributed by atoms with van der Waals surface area (Å²) in [5.41, 5.74) is 0.951. The van der Waals surface area contributed by atoms with Crippen LogP contribution in [-0.2, 0) is 9.53 Å². The smallest absolute Gasteiger partial charge is 0.260 e. The van der Waals surface area contributed by atoms with E-state index in [0.717, 1.165) is 11.5 Å². The predicted octanol–water partition coefficient (Wildman–Crippen LogP) is 1.84. The summed E-state index contributed by atoms with van der Waals surface area (Å²) in [6.07, 6.45) is 1.48. The van der Waals surface area contributed by atoms with Crippen LogP contribution in [0.4, 0.5) is 4.39 Å². The number of nitrogens with zero attached hydrogens (tertiary/aromatic N) is 2. The number of aromatic amines is 1. The summed E-state index contributed by atoms with van der Waals surface area (Å²) in [5, 5.41) is 0. The Morgan fingerprint density at radius 1 is 1.48 bits per heavy atom. The molecule has 1 N–H and O–H groups in total. The van der Waals surface area contributed by atoms with Crippen LogP contribution in [0.5, 0.6) is 5.75 Å². The third kappa shape index (κ3) is 3.87. The summed E-state index contributed by atoms with van der Waals surface area (Å²) in [6, 6.07) is 5.58. The predicted molar refractivity (Wildman–Crippen MR) is 80.5 cm³/mol. The second kappa shape index (κ2) is 6.78. The first-order valence-electron chi connectivity index (χ1n) is 7.41. The van der Waals surface area contributed by atoms with Gasteiger partial charge in [0.25, 0.3) is 5.91 Å². The highest BCUT2D eigenvalue weighted by Crippen LogP contribution is 2.20. The Morgan fingerprint density at radius 2 is 2.26 bits per heavy atom. The maximum Gasteiger partial charge on any atom is 0.260 e. The van der Waals surface area contributed by atoms with Crippen molar-refractivity contribution in [2.75, 3.05) is 26.3 Å². The Bertz CT molecular complexity index is 671. The Kier molecular flexibility index (Phi) is 4.57. The van der Waals surface area contributed by atoms with Crippen LogP contribution in [0.15, 0.2) is 30.5 Å². The number of aromatic nitrogens is 2. The van der Waals surface area contributed by atoms with Crippen LogP contribution >= 0.6 is 0 Å². The summed E-state index contributed by atoms with van der Waals surface area (Å²) in [7, 11) is 0. The van der Waals surface area contributed by atoms with Crippen molar-refractivity contribution in [2.45, 2.75) is 13.0 Å². The molecule has 2 aromatic rings. The molecule has 23 heavy (non-hydrogen) atoms. The van der Waals surface area contributed by atoms with E-state index in [1.807, 2.05) is 6.92 Å². The monoisotopic (exact) mass is 319 g/mol. The Hall–Kier alpha value is -2.41. The standard InChI is InChI=1S/C16H18FN3O3/c1-11-8-18-16(19-11)14-9-20(6-7-22-14)15(21)10-23-13-4-2-12(17)3-5-13/h2-5,8,14H,6-7,9-10H2,1H3,(H,18,19)/t14-/m0/s1. The maximum absolute atomic E-state index is 12.8. The van der Waals surface area contributed by atoms with E-state index in [4.69, 9.17) is 9.47 Å². The van der Waals surface area contributed by atoms with Gasteiger partial charge in [-0.15, -0.1) is 0 Å². The topological polar surface area (TPSA) is 67.5 Å². The number of hydrogen-bond acceptors (Lipinski definition) is 4. The normalized spacial score (nSPS) is 18.0. The largest absolute Gasteiger partial charge is 0.484 e. The van der Waals surface area contributed by atoms with Gasteiger partial charge in [0.1, 0.15) is 23.5 Å². The summed E-state index contributed by atoms with van der Waals surface area (Å²) < 4.78 is 23.9. The number of carbonyl (C=O) groups excluding carboxylic acids is 1. The lowest BCUT2D eigenvalue weighted by Crippen LogP contribution is -2.44. The maximum atomic E-state index is 12.8. The molecule has 1 amide bonds. The van der Waals surface area contributed by atoms with Crippen molar-refractivity contribution in [3.05, 3.63) is 47.8 Å². The van der Waals surface area contributed by atoms with Crippen LogP contribution in [0.1, 0.15) is 17.6 Å². The lowest BCUT2D eigenvalue weighted by Gasteiger charge is -2.32. The van der Waals surface area contributed by atoms with Crippen LogP contribution in [-0.4, -0.2) is 47.1 Å². The minimum atomic E-state index is -0.339. The van der Waals surface area contributed by atoms with Gasteiger partial charge in [0.05, 0.1) is 13.2 Å². The SMILES string of the molecule is Cc1cnc([C@@H]2CN(C(=O)COc3ccc(F)cc3)CCO2)[nH]1. The molecule has 1 aliphatic heterocycles. The fraction of sp³-hybridized carbons (Fsp3) is 0.375. The van der Waals surface area contributed by atoms with Crippen molar-refractivity contribution in [1.29, 1.82) is 0 Å². The number of benzene rings is 1. The Morgan fingerprint density at radius 3 is 2.96 bits per heavy atom. The molecule has 1 aromatic carbocycles. The molecule has 6 nitrogen and oxygen atoms in total. The first-order valence-corrected chi connectivity index (χ1v) is 7.41.